The zero-order valence-corrected chi connectivity index (χ0v) is 14.7. The summed E-state index contributed by atoms with van der Waals surface area (Å²) in [7, 11) is 0. The van der Waals surface area contributed by atoms with Crippen LogP contribution in [-0.2, 0) is 11.2 Å². The third kappa shape index (κ3) is 2.69. The number of aliphatic hydroxyl groups is 1. The average molecular weight is 316 g/mol. The van der Waals surface area contributed by atoms with Gasteiger partial charge in [-0.1, -0.05) is 27.2 Å². The van der Waals surface area contributed by atoms with E-state index >= 15 is 0 Å². The second-order valence-electron chi connectivity index (χ2n) is 8.33. The second-order valence-corrected chi connectivity index (χ2v) is 8.33. The zero-order chi connectivity index (χ0) is 16.8. The molecule has 126 valence electrons. The minimum absolute atomic E-state index is 0.143. The maximum atomic E-state index is 13.4. The quantitative estimate of drug-likeness (QED) is 0.904. The first kappa shape index (κ1) is 16.5. The minimum Gasteiger partial charge on any atom is -0.472 e. The van der Waals surface area contributed by atoms with Gasteiger partial charge >= 0.3 is 0 Å². The molecule has 3 atom stereocenters. The molecule has 23 heavy (non-hydrogen) atoms. The summed E-state index contributed by atoms with van der Waals surface area (Å²) in [5.74, 6) is 0.563. The standard InChI is InChI=1S/C20H28O3/c1-13(21)15-11-17-19(2,3)7-5-8-20(17,4)18(22)16(15)10-14-6-9-23-12-14/h6,9,12-13,17,21H,5,7-8,10-11H2,1-4H3/t13?,17-,20-/m0/s1. The van der Waals surface area contributed by atoms with Crippen molar-refractivity contribution in [2.24, 2.45) is 16.7 Å². The molecule has 1 fully saturated rings. The van der Waals surface area contributed by atoms with Crippen molar-refractivity contribution >= 4 is 5.78 Å². The number of aliphatic hydroxyl groups excluding tert-OH is 1. The molecular weight excluding hydrogens is 288 g/mol. The predicted molar refractivity (Wildman–Crippen MR) is 90.0 cm³/mol. The van der Waals surface area contributed by atoms with Gasteiger partial charge < -0.3 is 9.52 Å². The molecule has 0 saturated heterocycles. The van der Waals surface area contributed by atoms with E-state index in [0.29, 0.717) is 12.3 Å². The van der Waals surface area contributed by atoms with Gasteiger partial charge in [0.1, 0.15) is 0 Å². The van der Waals surface area contributed by atoms with E-state index in [1.165, 1.54) is 0 Å². The Morgan fingerprint density at radius 3 is 2.70 bits per heavy atom. The van der Waals surface area contributed by atoms with Gasteiger partial charge in [0.25, 0.3) is 0 Å². The minimum atomic E-state index is -0.567. The van der Waals surface area contributed by atoms with Crippen LogP contribution in [0.3, 0.4) is 0 Å². The van der Waals surface area contributed by atoms with Crippen molar-refractivity contribution in [3.63, 3.8) is 0 Å². The van der Waals surface area contributed by atoms with Crippen LogP contribution in [0.25, 0.3) is 0 Å². The number of furan rings is 1. The molecule has 1 aromatic heterocycles. The van der Waals surface area contributed by atoms with Crippen molar-refractivity contribution in [2.75, 3.05) is 0 Å². The van der Waals surface area contributed by atoms with Crippen LogP contribution in [0, 0.1) is 16.7 Å². The highest BCUT2D eigenvalue weighted by Crippen LogP contribution is 2.57. The highest BCUT2D eigenvalue weighted by Gasteiger charge is 2.54. The maximum absolute atomic E-state index is 13.4. The van der Waals surface area contributed by atoms with Crippen LogP contribution in [0.1, 0.15) is 58.9 Å². The lowest BCUT2D eigenvalue weighted by atomic mass is 9.50. The largest absolute Gasteiger partial charge is 0.472 e. The molecule has 1 N–H and O–H groups in total. The van der Waals surface area contributed by atoms with Gasteiger partial charge in [-0.05, 0) is 54.7 Å². The number of hydrogen-bond acceptors (Lipinski definition) is 3. The summed E-state index contributed by atoms with van der Waals surface area (Å²) in [6.45, 7) is 8.50. The topological polar surface area (TPSA) is 50.4 Å². The number of allylic oxidation sites excluding steroid dienone is 1. The number of hydrogen-bond donors (Lipinski definition) is 1. The maximum Gasteiger partial charge on any atom is 0.165 e. The molecule has 0 aromatic carbocycles. The summed E-state index contributed by atoms with van der Waals surface area (Å²) < 4.78 is 5.16. The first-order valence-corrected chi connectivity index (χ1v) is 8.71. The van der Waals surface area contributed by atoms with Crippen molar-refractivity contribution in [1.29, 1.82) is 0 Å². The molecule has 1 heterocycles. The van der Waals surface area contributed by atoms with Crippen molar-refractivity contribution in [3.05, 3.63) is 35.3 Å². The Bertz CT molecular complexity index is 621. The Morgan fingerprint density at radius 1 is 1.35 bits per heavy atom. The number of Topliss-reactive ketones (excluding diaryl/α,β-unsaturated/α-hetero) is 1. The van der Waals surface area contributed by atoms with Gasteiger partial charge in [0.2, 0.25) is 0 Å². The Kier molecular flexibility index (Phi) is 4.04. The summed E-state index contributed by atoms with van der Waals surface area (Å²) in [4.78, 5) is 13.4. The number of fused-ring (bicyclic) bond motifs is 1. The molecule has 3 heteroatoms. The average Bonchev–Trinajstić information content (AvgIpc) is 2.95. The second kappa shape index (κ2) is 5.62. The molecule has 3 nitrogen and oxygen atoms in total. The van der Waals surface area contributed by atoms with E-state index in [1.54, 1.807) is 19.5 Å². The van der Waals surface area contributed by atoms with Crippen molar-refractivity contribution in [1.82, 2.24) is 0 Å². The lowest BCUT2D eigenvalue weighted by Gasteiger charge is -2.53. The van der Waals surface area contributed by atoms with Crippen molar-refractivity contribution in [2.45, 2.75) is 65.9 Å². The van der Waals surface area contributed by atoms with Crippen LogP contribution >= 0.6 is 0 Å². The third-order valence-electron chi connectivity index (χ3n) is 6.30. The van der Waals surface area contributed by atoms with Crippen LogP contribution in [0.2, 0.25) is 0 Å². The fourth-order valence-electron chi connectivity index (χ4n) is 4.94. The molecule has 2 aliphatic carbocycles. The summed E-state index contributed by atoms with van der Waals surface area (Å²) in [6.07, 6.45) is 7.39. The molecule has 0 aliphatic heterocycles. The molecule has 2 aliphatic rings. The Balaban J connectivity index is 2.06. The number of ketones is 1. The number of carbonyl (C=O) groups excluding carboxylic acids is 1. The van der Waals surface area contributed by atoms with E-state index in [0.717, 1.165) is 42.4 Å². The zero-order valence-electron chi connectivity index (χ0n) is 14.7. The van der Waals surface area contributed by atoms with Crippen LogP contribution in [0.15, 0.2) is 34.2 Å². The van der Waals surface area contributed by atoms with E-state index < -0.39 is 6.10 Å². The normalized spacial score (nSPS) is 31.9. The molecule has 3 rings (SSSR count). The van der Waals surface area contributed by atoms with Gasteiger partial charge in [-0.25, -0.2) is 0 Å². The van der Waals surface area contributed by atoms with Crippen LogP contribution in [-0.4, -0.2) is 17.0 Å². The summed E-state index contributed by atoms with van der Waals surface area (Å²) in [5.41, 5.74) is 2.61. The SMILES string of the molecule is CC(O)C1=C(Cc2ccoc2)C(=O)[C@@]2(C)CCCC(C)(C)[C@@H]2C1. The number of carbonyl (C=O) groups is 1. The lowest BCUT2D eigenvalue weighted by molar-refractivity contribution is -0.136. The molecule has 1 saturated carbocycles. The molecule has 0 bridgehead atoms. The predicted octanol–water partition coefficient (Wildman–Crippen LogP) is 4.30. The summed E-state index contributed by atoms with van der Waals surface area (Å²) in [6, 6.07) is 1.90. The van der Waals surface area contributed by atoms with Crippen LogP contribution in [0.4, 0.5) is 0 Å². The van der Waals surface area contributed by atoms with Crippen LogP contribution in [0.5, 0.6) is 0 Å². The third-order valence-corrected chi connectivity index (χ3v) is 6.30. The van der Waals surface area contributed by atoms with E-state index in [9.17, 15) is 9.90 Å². The monoisotopic (exact) mass is 316 g/mol. The first-order chi connectivity index (χ1) is 10.8. The molecule has 1 unspecified atom stereocenters. The Morgan fingerprint density at radius 2 is 2.09 bits per heavy atom. The van der Waals surface area contributed by atoms with Crippen LogP contribution < -0.4 is 0 Å². The van der Waals surface area contributed by atoms with Gasteiger partial charge in [0, 0.05) is 17.4 Å². The van der Waals surface area contributed by atoms with Gasteiger partial charge in [-0.15, -0.1) is 0 Å². The Hall–Kier alpha value is -1.35. The Labute approximate surface area is 138 Å². The van der Waals surface area contributed by atoms with E-state index in [-0.39, 0.29) is 16.6 Å². The highest BCUT2D eigenvalue weighted by molar-refractivity contribution is 6.02. The molecule has 0 radical (unpaired) electrons. The van der Waals surface area contributed by atoms with Gasteiger partial charge in [-0.3, -0.25) is 4.79 Å². The van der Waals surface area contributed by atoms with E-state index in [1.807, 2.05) is 6.07 Å². The van der Waals surface area contributed by atoms with Gasteiger partial charge in [0.15, 0.2) is 5.78 Å². The van der Waals surface area contributed by atoms with Gasteiger partial charge in [0.05, 0.1) is 18.6 Å². The molecule has 0 spiro atoms. The van der Waals surface area contributed by atoms with Gasteiger partial charge in [-0.2, -0.15) is 0 Å². The first-order valence-electron chi connectivity index (χ1n) is 8.71. The molecule has 0 amide bonds. The number of rotatable bonds is 3. The molecule has 1 aromatic rings. The lowest BCUT2D eigenvalue weighted by Crippen LogP contribution is -2.51. The molecular formula is C20H28O3. The highest BCUT2D eigenvalue weighted by atomic mass is 16.3. The summed E-state index contributed by atoms with van der Waals surface area (Å²) in [5, 5.41) is 10.3. The van der Waals surface area contributed by atoms with Crippen molar-refractivity contribution in [3.8, 4) is 0 Å². The van der Waals surface area contributed by atoms with E-state index in [4.69, 9.17) is 4.42 Å². The smallest absolute Gasteiger partial charge is 0.165 e. The fourth-order valence-corrected chi connectivity index (χ4v) is 4.94. The van der Waals surface area contributed by atoms with E-state index in [2.05, 4.69) is 20.8 Å². The fraction of sp³-hybridized carbons (Fsp3) is 0.650. The van der Waals surface area contributed by atoms with Crippen molar-refractivity contribution < 1.29 is 14.3 Å². The summed E-state index contributed by atoms with van der Waals surface area (Å²) >= 11 is 0.